The van der Waals surface area contributed by atoms with E-state index >= 15 is 0 Å². The molecule has 7 rings (SSSR count). The summed E-state index contributed by atoms with van der Waals surface area (Å²) in [5.74, 6) is -1.76. The number of ketones is 2. The molecular formula is C30H21N3O3S. The fourth-order valence-corrected chi connectivity index (χ4v) is 7.05. The summed E-state index contributed by atoms with van der Waals surface area (Å²) < 4.78 is 0. The Bertz CT molecular complexity index is 1600. The van der Waals surface area contributed by atoms with Crippen molar-refractivity contribution in [3.05, 3.63) is 118 Å². The monoisotopic (exact) mass is 503 g/mol. The average molecular weight is 504 g/mol. The Balaban J connectivity index is 1.55. The number of nitrogens with one attached hydrogen (secondary N) is 1. The highest BCUT2D eigenvalue weighted by Gasteiger charge is 2.70. The summed E-state index contributed by atoms with van der Waals surface area (Å²) in [6.07, 6.45) is 5.54. The number of rotatable bonds is 4. The van der Waals surface area contributed by atoms with Crippen molar-refractivity contribution in [1.29, 1.82) is 0 Å². The number of anilines is 2. The summed E-state index contributed by atoms with van der Waals surface area (Å²) in [7, 11) is 0. The van der Waals surface area contributed by atoms with Crippen molar-refractivity contribution in [3.8, 4) is 0 Å². The highest BCUT2D eigenvalue weighted by atomic mass is 32.1. The van der Waals surface area contributed by atoms with E-state index in [0.29, 0.717) is 10.6 Å². The van der Waals surface area contributed by atoms with Crippen LogP contribution in [-0.4, -0.2) is 34.5 Å². The SMILES string of the molecule is O=C(c1cccs1)C1C(C(=O)c2ccccn2)C2(C(=O)Nc3ccccc32)C2C=Cc3ccccc3N12. The third kappa shape index (κ3) is 2.92. The summed E-state index contributed by atoms with van der Waals surface area (Å²) in [5.41, 5.74) is 2.10. The number of carbonyl (C=O) groups is 3. The van der Waals surface area contributed by atoms with E-state index in [-0.39, 0.29) is 23.2 Å². The van der Waals surface area contributed by atoms with Gasteiger partial charge in [0.15, 0.2) is 11.6 Å². The van der Waals surface area contributed by atoms with Crippen LogP contribution in [0.15, 0.2) is 96.5 Å². The number of carbonyl (C=O) groups excluding carboxylic acids is 3. The second kappa shape index (κ2) is 8.08. The Hall–Kier alpha value is -4.36. The van der Waals surface area contributed by atoms with Gasteiger partial charge in [-0.05, 0) is 46.8 Å². The van der Waals surface area contributed by atoms with E-state index < -0.39 is 23.4 Å². The lowest BCUT2D eigenvalue weighted by atomic mass is 9.64. The number of aromatic nitrogens is 1. The minimum atomic E-state index is -1.31. The number of pyridine rings is 1. The van der Waals surface area contributed by atoms with Gasteiger partial charge < -0.3 is 10.2 Å². The topological polar surface area (TPSA) is 79.4 Å². The predicted octanol–water partition coefficient (Wildman–Crippen LogP) is 5.00. The molecule has 1 fully saturated rings. The fraction of sp³-hybridized carbons (Fsp3) is 0.133. The van der Waals surface area contributed by atoms with Crippen LogP contribution in [0.25, 0.3) is 6.08 Å². The van der Waals surface area contributed by atoms with Crippen LogP contribution in [0.3, 0.4) is 0 Å². The lowest BCUT2D eigenvalue weighted by Crippen LogP contribution is -2.51. The Morgan fingerprint density at radius 2 is 1.73 bits per heavy atom. The molecule has 2 aromatic carbocycles. The fourth-order valence-electron chi connectivity index (χ4n) is 6.35. The van der Waals surface area contributed by atoms with E-state index in [1.807, 2.05) is 77.0 Å². The van der Waals surface area contributed by atoms with Gasteiger partial charge in [0.25, 0.3) is 0 Å². The lowest BCUT2D eigenvalue weighted by molar-refractivity contribution is -0.121. The number of hydrogen-bond donors (Lipinski definition) is 1. The van der Waals surface area contributed by atoms with Gasteiger partial charge in [-0.25, -0.2) is 0 Å². The molecule has 1 amide bonds. The summed E-state index contributed by atoms with van der Waals surface area (Å²) >= 11 is 1.34. The zero-order chi connectivity index (χ0) is 25.1. The van der Waals surface area contributed by atoms with Crippen molar-refractivity contribution >= 4 is 46.3 Å². The quantitative estimate of drug-likeness (QED) is 0.397. The number of amides is 1. The Morgan fingerprint density at radius 3 is 2.54 bits per heavy atom. The van der Waals surface area contributed by atoms with Crippen LogP contribution >= 0.6 is 11.3 Å². The first-order valence-electron chi connectivity index (χ1n) is 12.1. The molecule has 3 aliphatic heterocycles. The Kier molecular flexibility index (Phi) is 4.78. The van der Waals surface area contributed by atoms with Gasteiger partial charge in [-0.3, -0.25) is 19.4 Å². The van der Waals surface area contributed by atoms with Gasteiger partial charge in [0.1, 0.15) is 17.2 Å². The number of Topliss-reactive ketones (excluding diaryl/α,β-unsaturated/α-hetero) is 2. The van der Waals surface area contributed by atoms with E-state index in [4.69, 9.17) is 0 Å². The summed E-state index contributed by atoms with van der Waals surface area (Å²) in [6, 6.07) is 22.6. The molecule has 4 atom stereocenters. The van der Waals surface area contributed by atoms with Gasteiger partial charge in [0.2, 0.25) is 5.91 Å². The smallest absolute Gasteiger partial charge is 0.238 e. The second-order valence-electron chi connectivity index (χ2n) is 9.48. The molecule has 37 heavy (non-hydrogen) atoms. The van der Waals surface area contributed by atoms with Crippen molar-refractivity contribution < 1.29 is 14.4 Å². The molecular weight excluding hydrogens is 482 g/mol. The normalized spacial score (nSPS) is 24.9. The molecule has 7 heteroatoms. The third-order valence-electron chi connectivity index (χ3n) is 7.77. The molecule has 0 bridgehead atoms. The number of hydrogen-bond acceptors (Lipinski definition) is 6. The molecule has 180 valence electrons. The number of fused-ring (bicyclic) bond motifs is 6. The molecule has 4 aromatic rings. The van der Waals surface area contributed by atoms with Crippen molar-refractivity contribution in [2.75, 3.05) is 10.2 Å². The summed E-state index contributed by atoms with van der Waals surface area (Å²) in [6.45, 7) is 0. The molecule has 1 N–H and O–H groups in total. The Morgan fingerprint density at radius 1 is 0.919 bits per heavy atom. The van der Waals surface area contributed by atoms with Crippen LogP contribution in [0.5, 0.6) is 0 Å². The molecule has 0 radical (unpaired) electrons. The summed E-state index contributed by atoms with van der Waals surface area (Å²) in [5, 5.41) is 4.89. The van der Waals surface area contributed by atoms with Crippen molar-refractivity contribution in [2.45, 2.75) is 17.5 Å². The molecule has 2 aromatic heterocycles. The lowest BCUT2D eigenvalue weighted by Gasteiger charge is -2.37. The van der Waals surface area contributed by atoms with Crippen LogP contribution in [0.4, 0.5) is 11.4 Å². The van der Waals surface area contributed by atoms with Crippen LogP contribution in [0.2, 0.25) is 0 Å². The average Bonchev–Trinajstić information content (AvgIpc) is 3.65. The molecule has 6 nitrogen and oxygen atoms in total. The standard InChI is InChI=1S/C30H21N3O3S/c34-27(21-11-5-6-16-31-21)25-26(28(35)23-13-7-17-37-23)33-22-12-4-1-8-18(22)14-15-24(33)30(25)19-9-2-3-10-20(19)32-29(30)36/h1-17,24-26H,(H,32,36). The van der Waals surface area contributed by atoms with E-state index in [2.05, 4.69) is 10.3 Å². The van der Waals surface area contributed by atoms with Gasteiger partial charge in [-0.2, -0.15) is 0 Å². The van der Waals surface area contributed by atoms with E-state index in [1.165, 1.54) is 11.3 Å². The number of para-hydroxylation sites is 2. The molecule has 1 spiro atoms. The van der Waals surface area contributed by atoms with E-state index in [0.717, 1.165) is 16.8 Å². The number of benzene rings is 2. The molecule has 0 saturated carbocycles. The summed E-state index contributed by atoms with van der Waals surface area (Å²) in [4.78, 5) is 49.9. The molecule has 4 unspecified atom stereocenters. The largest absolute Gasteiger partial charge is 0.352 e. The van der Waals surface area contributed by atoms with Crippen molar-refractivity contribution in [1.82, 2.24) is 4.98 Å². The van der Waals surface area contributed by atoms with Gasteiger partial charge in [-0.15, -0.1) is 11.3 Å². The molecule has 0 aliphatic carbocycles. The third-order valence-corrected chi connectivity index (χ3v) is 8.66. The van der Waals surface area contributed by atoms with Crippen LogP contribution in [0, 0.1) is 5.92 Å². The molecule has 3 aliphatic rings. The maximum atomic E-state index is 14.5. The molecule has 5 heterocycles. The first kappa shape index (κ1) is 21.9. The minimum Gasteiger partial charge on any atom is -0.352 e. The predicted molar refractivity (Wildman–Crippen MR) is 143 cm³/mol. The van der Waals surface area contributed by atoms with Crippen LogP contribution in [0.1, 0.15) is 31.3 Å². The van der Waals surface area contributed by atoms with Gasteiger partial charge >= 0.3 is 0 Å². The second-order valence-corrected chi connectivity index (χ2v) is 10.4. The van der Waals surface area contributed by atoms with E-state index in [1.54, 1.807) is 30.5 Å². The van der Waals surface area contributed by atoms with Gasteiger partial charge in [0.05, 0.1) is 16.8 Å². The van der Waals surface area contributed by atoms with Gasteiger partial charge in [-0.1, -0.05) is 60.7 Å². The van der Waals surface area contributed by atoms with E-state index in [9.17, 15) is 14.4 Å². The minimum absolute atomic E-state index is 0.173. The first-order valence-corrected chi connectivity index (χ1v) is 13.0. The van der Waals surface area contributed by atoms with Gasteiger partial charge in [0, 0.05) is 17.6 Å². The maximum Gasteiger partial charge on any atom is 0.238 e. The van der Waals surface area contributed by atoms with Crippen molar-refractivity contribution in [3.63, 3.8) is 0 Å². The highest BCUT2D eigenvalue weighted by Crippen LogP contribution is 2.58. The molecule has 1 saturated heterocycles. The zero-order valence-electron chi connectivity index (χ0n) is 19.6. The number of nitrogens with zero attached hydrogens (tertiary/aromatic N) is 2. The Labute approximate surface area is 217 Å². The van der Waals surface area contributed by atoms with Crippen molar-refractivity contribution in [2.24, 2.45) is 5.92 Å². The maximum absolute atomic E-state index is 14.5. The number of thiophene rings is 1. The first-order chi connectivity index (χ1) is 18.1. The zero-order valence-corrected chi connectivity index (χ0v) is 20.4. The highest BCUT2D eigenvalue weighted by molar-refractivity contribution is 7.12. The van der Waals surface area contributed by atoms with Crippen LogP contribution in [-0.2, 0) is 10.2 Å². The van der Waals surface area contributed by atoms with Crippen LogP contribution < -0.4 is 10.2 Å².